The number of likely N-dealkylation sites (tertiary alicyclic amines) is 1. The van der Waals surface area contributed by atoms with E-state index in [0.29, 0.717) is 38.2 Å². The van der Waals surface area contributed by atoms with Gasteiger partial charge in [-0.05, 0) is 55.3 Å². The number of hydrogen-bond acceptors (Lipinski definition) is 6. The number of carbonyl (C=O) groups is 2. The SMILES string of the molecule is COc1cccc(CNC(=O)c2cc3c(nc2N)CCN(C(=O)CN2CCCC2)C3)c1. The van der Waals surface area contributed by atoms with Crippen LogP contribution in [0.4, 0.5) is 5.82 Å². The second-order valence-electron chi connectivity index (χ2n) is 8.11. The van der Waals surface area contributed by atoms with E-state index in [0.717, 1.165) is 48.5 Å². The van der Waals surface area contributed by atoms with E-state index in [1.54, 1.807) is 13.2 Å². The minimum atomic E-state index is -0.281. The van der Waals surface area contributed by atoms with Crippen molar-refractivity contribution in [2.24, 2.45) is 0 Å². The van der Waals surface area contributed by atoms with Gasteiger partial charge in [0.2, 0.25) is 5.91 Å². The first-order valence-corrected chi connectivity index (χ1v) is 10.7. The number of anilines is 1. The van der Waals surface area contributed by atoms with Gasteiger partial charge in [0.1, 0.15) is 11.6 Å². The molecule has 0 unspecified atom stereocenters. The van der Waals surface area contributed by atoms with E-state index in [-0.39, 0.29) is 17.6 Å². The lowest BCUT2D eigenvalue weighted by Gasteiger charge is -2.30. The predicted molar refractivity (Wildman–Crippen MR) is 118 cm³/mol. The summed E-state index contributed by atoms with van der Waals surface area (Å²) in [4.78, 5) is 34.0. The Kier molecular flexibility index (Phi) is 6.36. The summed E-state index contributed by atoms with van der Waals surface area (Å²) >= 11 is 0. The summed E-state index contributed by atoms with van der Waals surface area (Å²) < 4.78 is 5.22. The van der Waals surface area contributed by atoms with Gasteiger partial charge >= 0.3 is 0 Å². The molecule has 2 aromatic rings. The average Bonchev–Trinajstić information content (AvgIpc) is 3.29. The third-order valence-electron chi connectivity index (χ3n) is 5.94. The Morgan fingerprint density at radius 1 is 1.19 bits per heavy atom. The number of amides is 2. The third kappa shape index (κ3) is 4.96. The van der Waals surface area contributed by atoms with Gasteiger partial charge in [0.25, 0.3) is 5.91 Å². The molecule has 4 rings (SSSR count). The molecule has 0 radical (unpaired) electrons. The van der Waals surface area contributed by atoms with Crippen molar-refractivity contribution in [3.63, 3.8) is 0 Å². The highest BCUT2D eigenvalue weighted by molar-refractivity contribution is 5.98. The highest BCUT2D eigenvalue weighted by Crippen LogP contribution is 2.23. The number of nitrogens with two attached hydrogens (primary N) is 1. The summed E-state index contributed by atoms with van der Waals surface area (Å²) in [6.07, 6.45) is 2.97. The number of rotatable bonds is 6. The molecule has 8 heteroatoms. The molecule has 2 aliphatic heterocycles. The van der Waals surface area contributed by atoms with Crippen LogP contribution in [0.1, 0.15) is 40.0 Å². The zero-order valence-electron chi connectivity index (χ0n) is 17.9. The van der Waals surface area contributed by atoms with E-state index in [1.165, 1.54) is 0 Å². The van der Waals surface area contributed by atoms with Gasteiger partial charge in [0.15, 0.2) is 0 Å². The van der Waals surface area contributed by atoms with Gasteiger partial charge in [-0.2, -0.15) is 0 Å². The van der Waals surface area contributed by atoms with Gasteiger partial charge in [-0.25, -0.2) is 4.98 Å². The van der Waals surface area contributed by atoms with Crippen LogP contribution in [0.25, 0.3) is 0 Å². The van der Waals surface area contributed by atoms with E-state index in [9.17, 15) is 9.59 Å². The monoisotopic (exact) mass is 423 g/mol. The van der Waals surface area contributed by atoms with Crippen molar-refractivity contribution in [2.75, 3.05) is 39.0 Å². The van der Waals surface area contributed by atoms with E-state index < -0.39 is 0 Å². The molecule has 1 aromatic carbocycles. The number of methoxy groups -OCH3 is 1. The highest BCUT2D eigenvalue weighted by atomic mass is 16.5. The molecule has 1 fully saturated rings. The molecule has 3 N–H and O–H groups in total. The number of hydrogen-bond donors (Lipinski definition) is 2. The smallest absolute Gasteiger partial charge is 0.255 e. The van der Waals surface area contributed by atoms with Gasteiger partial charge in [0, 0.05) is 31.7 Å². The van der Waals surface area contributed by atoms with Crippen molar-refractivity contribution in [2.45, 2.75) is 32.4 Å². The molecule has 0 aliphatic carbocycles. The summed E-state index contributed by atoms with van der Waals surface area (Å²) in [6, 6.07) is 9.31. The second-order valence-corrected chi connectivity index (χ2v) is 8.11. The summed E-state index contributed by atoms with van der Waals surface area (Å²) in [7, 11) is 1.61. The predicted octanol–water partition coefficient (Wildman–Crippen LogP) is 1.58. The van der Waals surface area contributed by atoms with Crippen LogP contribution in [-0.2, 0) is 24.3 Å². The number of nitrogens with one attached hydrogen (secondary N) is 1. The van der Waals surface area contributed by atoms with Crippen LogP contribution in [0.3, 0.4) is 0 Å². The number of carbonyl (C=O) groups excluding carboxylic acids is 2. The quantitative estimate of drug-likeness (QED) is 0.732. The van der Waals surface area contributed by atoms with Crippen LogP contribution in [-0.4, -0.2) is 59.9 Å². The zero-order chi connectivity index (χ0) is 21.8. The lowest BCUT2D eigenvalue weighted by molar-refractivity contribution is -0.133. The summed E-state index contributed by atoms with van der Waals surface area (Å²) in [6.45, 7) is 3.90. The molecular weight excluding hydrogens is 394 g/mol. The molecule has 3 heterocycles. The van der Waals surface area contributed by atoms with Gasteiger partial charge in [-0.1, -0.05) is 12.1 Å². The van der Waals surface area contributed by atoms with Gasteiger partial charge in [0.05, 0.1) is 19.2 Å². The van der Waals surface area contributed by atoms with Crippen molar-refractivity contribution in [3.8, 4) is 5.75 Å². The molecule has 164 valence electrons. The van der Waals surface area contributed by atoms with Crippen molar-refractivity contribution in [1.82, 2.24) is 20.1 Å². The second kappa shape index (κ2) is 9.34. The summed E-state index contributed by atoms with van der Waals surface area (Å²) in [5, 5.41) is 2.89. The van der Waals surface area contributed by atoms with Crippen LogP contribution in [0.5, 0.6) is 5.75 Å². The van der Waals surface area contributed by atoms with E-state index in [2.05, 4.69) is 15.2 Å². The number of ether oxygens (including phenoxy) is 1. The van der Waals surface area contributed by atoms with Crippen LogP contribution < -0.4 is 15.8 Å². The van der Waals surface area contributed by atoms with Gasteiger partial charge in [-0.3, -0.25) is 14.5 Å². The molecule has 1 aromatic heterocycles. The van der Waals surface area contributed by atoms with Crippen LogP contribution in [0, 0.1) is 0 Å². The normalized spacial score (nSPS) is 16.1. The topological polar surface area (TPSA) is 101 Å². The molecular formula is C23H29N5O3. The van der Waals surface area contributed by atoms with Crippen LogP contribution >= 0.6 is 0 Å². The molecule has 2 aliphatic rings. The number of nitrogen functional groups attached to an aromatic ring is 1. The Hall–Kier alpha value is -3.13. The lowest BCUT2D eigenvalue weighted by Crippen LogP contribution is -2.42. The van der Waals surface area contributed by atoms with Crippen molar-refractivity contribution >= 4 is 17.6 Å². The van der Waals surface area contributed by atoms with E-state index in [4.69, 9.17) is 10.5 Å². The molecule has 8 nitrogen and oxygen atoms in total. The molecule has 0 bridgehead atoms. The van der Waals surface area contributed by atoms with Crippen molar-refractivity contribution < 1.29 is 14.3 Å². The maximum Gasteiger partial charge on any atom is 0.255 e. The number of benzene rings is 1. The molecule has 31 heavy (non-hydrogen) atoms. The fraction of sp³-hybridized carbons (Fsp3) is 0.435. The van der Waals surface area contributed by atoms with Crippen molar-refractivity contribution in [1.29, 1.82) is 0 Å². The first kappa shape index (κ1) is 21.1. The Bertz CT molecular complexity index is 972. The summed E-state index contributed by atoms with van der Waals surface area (Å²) in [5.74, 6) is 0.809. The van der Waals surface area contributed by atoms with Gasteiger partial charge < -0.3 is 20.7 Å². The molecule has 0 atom stereocenters. The van der Waals surface area contributed by atoms with Crippen molar-refractivity contribution in [3.05, 3.63) is 52.7 Å². The highest BCUT2D eigenvalue weighted by Gasteiger charge is 2.26. The summed E-state index contributed by atoms with van der Waals surface area (Å²) in [5.41, 5.74) is 9.11. The minimum Gasteiger partial charge on any atom is -0.497 e. The third-order valence-corrected chi connectivity index (χ3v) is 5.94. The number of aromatic nitrogens is 1. The molecule has 1 saturated heterocycles. The van der Waals surface area contributed by atoms with Gasteiger partial charge in [-0.15, -0.1) is 0 Å². The average molecular weight is 424 g/mol. The Balaban J connectivity index is 1.42. The minimum absolute atomic E-state index is 0.133. The Morgan fingerprint density at radius 2 is 2.00 bits per heavy atom. The standard InChI is InChI=1S/C23H29N5O3/c1-31-18-6-4-5-16(11-18)13-25-23(30)19-12-17-14-28(10-7-20(17)26-22(19)24)21(29)15-27-8-2-3-9-27/h4-6,11-12H,2-3,7-10,13-15H2,1H3,(H2,24,26)(H,25,30). The van der Waals surface area contributed by atoms with E-state index >= 15 is 0 Å². The number of pyridine rings is 1. The molecule has 0 saturated carbocycles. The zero-order valence-corrected chi connectivity index (χ0v) is 17.9. The van der Waals surface area contributed by atoms with E-state index in [1.807, 2.05) is 29.2 Å². The van der Waals surface area contributed by atoms with Crippen LogP contribution in [0.15, 0.2) is 30.3 Å². The fourth-order valence-electron chi connectivity index (χ4n) is 4.17. The largest absolute Gasteiger partial charge is 0.497 e. The molecule has 2 amide bonds. The Labute approximate surface area is 182 Å². The van der Waals surface area contributed by atoms with Crippen LogP contribution in [0.2, 0.25) is 0 Å². The number of fused-ring (bicyclic) bond motifs is 1. The maximum atomic E-state index is 12.8. The number of nitrogens with zero attached hydrogens (tertiary/aromatic N) is 3. The Morgan fingerprint density at radius 3 is 2.77 bits per heavy atom. The first-order valence-electron chi connectivity index (χ1n) is 10.7. The lowest BCUT2D eigenvalue weighted by atomic mass is 10.0. The maximum absolute atomic E-state index is 12.8. The fourth-order valence-corrected chi connectivity index (χ4v) is 4.17. The molecule has 0 spiro atoms. The first-order chi connectivity index (χ1) is 15.0.